The fourth-order valence-electron chi connectivity index (χ4n) is 1.38. The molecule has 0 amide bonds. The summed E-state index contributed by atoms with van der Waals surface area (Å²) in [6.07, 6.45) is -0.391. The molecule has 0 atom stereocenters. The molecule has 0 bridgehead atoms. The molecule has 1 aromatic heterocycles. The molecule has 2 rings (SSSR count). The molecule has 8 heteroatoms. The van der Waals surface area contributed by atoms with Gasteiger partial charge in [0.25, 0.3) is 0 Å². The van der Waals surface area contributed by atoms with Gasteiger partial charge >= 0.3 is 11.9 Å². The minimum Gasteiger partial charge on any atom is -0.497 e. The number of nitrogens with zero attached hydrogens (tertiary/aromatic N) is 1. The van der Waals surface area contributed by atoms with Crippen molar-refractivity contribution in [3.05, 3.63) is 18.2 Å². The second-order valence-corrected chi connectivity index (χ2v) is 5.75. The van der Waals surface area contributed by atoms with Crippen molar-refractivity contribution >= 4 is 45.5 Å². The van der Waals surface area contributed by atoms with E-state index in [1.54, 1.807) is 13.2 Å². The predicted octanol–water partition coefficient (Wildman–Crippen LogP) is 2.72. The highest BCUT2D eigenvalue weighted by atomic mass is 32.2. The first-order valence-electron chi connectivity index (χ1n) is 5.62. The van der Waals surface area contributed by atoms with Crippen molar-refractivity contribution in [3.63, 3.8) is 0 Å². The molecule has 2 aromatic rings. The molecule has 20 heavy (non-hydrogen) atoms. The van der Waals surface area contributed by atoms with Gasteiger partial charge in [-0.15, -0.1) is 11.3 Å². The van der Waals surface area contributed by atoms with Gasteiger partial charge in [0.05, 0.1) is 30.2 Å². The summed E-state index contributed by atoms with van der Waals surface area (Å²) in [4.78, 5) is 25.9. The number of fused-ring (bicyclic) bond motifs is 1. The predicted molar refractivity (Wildman–Crippen MR) is 75.0 cm³/mol. The Balaban J connectivity index is 1.96. The van der Waals surface area contributed by atoms with E-state index >= 15 is 0 Å². The fourth-order valence-corrected chi connectivity index (χ4v) is 2.95. The number of aliphatic carboxylic acids is 1. The van der Waals surface area contributed by atoms with Crippen molar-refractivity contribution in [2.45, 2.75) is 17.2 Å². The van der Waals surface area contributed by atoms with Gasteiger partial charge in [-0.3, -0.25) is 9.59 Å². The van der Waals surface area contributed by atoms with E-state index in [1.807, 2.05) is 12.1 Å². The number of rotatable bonds is 6. The van der Waals surface area contributed by atoms with Crippen LogP contribution in [-0.2, 0) is 13.8 Å². The number of ether oxygens (including phenoxy) is 1. The van der Waals surface area contributed by atoms with E-state index in [1.165, 1.54) is 11.3 Å². The summed E-state index contributed by atoms with van der Waals surface area (Å²) >= 11 is 2.23. The molecule has 1 N–H and O–H groups in total. The Hall–Kier alpha value is -1.80. The molecule has 0 spiro atoms. The molecular formula is C12H11NO5S2. The summed E-state index contributed by atoms with van der Waals surface area (Å²) in [5.74, 6) is -0.897. The van der Waals surface area contributed by atoms with Gasteiger partial charge in [-0.2, -0.15) is 0 Å². The average molecular weight is 313 g/mol. The average Bonchev–Trinajstić information content (AvgIpc) is 2.84. The zero-order valence-corrected chi connectivity index (χ0v) is 12.1. The SMILES string of the molecule is COc1ccc2sc(SOC(=O)CCC(=O)O)nc2c1. The number of hydrogen-bond acceptors (Lipinski definition) is 7. The van der Waals surface area contributed by atoms with Gasteiger partial charge < -0.3 is 14.0 Å². The normalized spacial score (nSPS) is 10.4. The first-order valence-corrected chi connectivity index (χ1v) is 7.18. The maximum atomic E-state index is 11.3. The molecule has 6 nitrogen and oxygen atoms in total. The maximum Gasteiger partial charge on any atom is 0.318 e. The van der Waals surface area contributed by atoms with Crippen molar-refractivity contribution in [1.29, 1.82) is 0 Å². The number of carbonyl (C=O) groups excluding carboxylic acids is 1. The third-order valence-corrected chi connectivity index (χ3v) is 4.11. The topological polar surface area (TPSA) is 85.7 Å². The highest BCUT2D eigenvalue weighted by Crippen LogP contribution is 2.32. The molecule has 0 saturated heterocycles. The summed E-state index contributed by atoms with van der Waals surface area (Å²) in [7, 11) is 1.58. The number of benzene rings is 1. The third kappa shape index (κ3) is 3.84. The number of hydrogen-bond donors (Lipinski definition) is 1. The van der Waals surface area contributed by atoms with Gasteiger partial charge in [-0.05, 0) is 12.1 Å². The zero-order valence-electron chi connectivity index (χ0n) is 10.5. The number of carboxylic acid groups (broad SMARTS) is 1. The molecule has 106 valence electrons. The molecule has 0 unspecified atom stereocenters. The molecule has 0 aliphatic rings. The fraction of sp³-hybridized carbons (Fsp3) is 0.250. The Labute approximate surface area is 122 Å². The van der Waals surface area contributed by atoms with Crippen LogP contribution in [0.3, 0.4) is 0 Å². The molecule has 0 radical (unpaired) electrons. The van der Waals surface area contributed by atoms with E-state index < -0.39 is 11.9 Å². The summed E-state index contributed by atoms with van der Waals surface area (Å²) in [6.45, 7) is 0. The third-order valence-electron chi connectivity index (χ3n) is 2.32. The van der Waals surface area contributed by atoms with Crippen LogP contribution in [0.1, 0.15) is 12.8 Å². The van der Waals surface area contributed by atoms with Crippen LogP contribution >= 0.6 is 23.4 Å². The van der Waals surface area contributed by atoms with Crippen LogP contribution in [0.5, 0.6) is 5.75 Å². The summed E-state index contributed by atoms with van der Waals surface area (Å²) in [5, 5.41) is 8.46. The van der Waals surface area contributed by atoms with Crippen molar-refractivity contribution in [3.8, 4) is 5.75 Å². The molecule has 1 aromatic carbocycles. The van der Waals surface area contributed by atoms with E-state index in [2.05, 4.69) is 4.98 Å². The number of methoxy groups -OCH3 is 1. The first-order chi connectivity index (χ1) is 9.58. The number of thiazole rings is 1. The van der Waals surface area contributed by atoms with Crippen LogP contribution in [-0.4, -0.2) is 29.1 Å². The van der Waals surface area contributed by atoms with Crippen LogP contribution in [0.15, 0.2) is 22.5 Å². The molecule has 0 saturated carbocycles. The lowest BCUT2D eigenvalue weighted by molar-refractivity contribution is -0.141. The van der Waals surface area contributed by atoms with E-state index in [-0.39, 0.29) is 12.8 Å². The molecule has 0 aliphatic carbocycles. The van der Waals surface area contributed by atoms with Gasteiger partial charge in [-0.25, -0.2) is 4.98 Å². The molecular weight excluding hydrogens is 302 g/mol. The highest BCUT2D eigenvalue weighted by Gasteiger charge is 2.11. The van der Waals surface area contributed by atoms with Crippen LogP contribution in [0.4, 0.5) is 0 Å². The van der Waals surface area contributed by atoms with Crippen molar-refractivity contribution in [1.82, 2.24) is 4.98 Å². The quantitative estimate of drug-likeness (QED) is 0.820. The molecule has 0 aliphatic heterocycles. The Kier molecular flexibility index (Phi) is 4.80. The molecule has 0 fully saturated rings. The second-order valence-electron chi connectivity index (χ2n) is 3.75. The van der Waals surface area contributed by atoms with Gasteiger partial charge in [0.2, 0.25) is 0 Å². The van der Waals surface area contributed by atoms with E-state index in [0.29, 0.717) is 10.1 Å². The van der Waals surface area contributed by atoms with E-state index in [4.69, 9.17) is 14.0 Å². The van der Waals surface area contributed by atoms with E-state index in [9.17, 15) is 9.59 Å². The number of carboxylic acids is 1. The van der Waals surface area contributed by atoms with Crippen LogP contribution in [0.25, 0.3) is 10.2 Å². The van der Waals surface area contributed by atoms with Gasteiger partial charge in [0.15, 0.2) is 4.34 Å². The zero-order chi connectivity index (χ0) is 14.5. The van der Waals surface area contributed by atoms with E-state index in [0.717, 1.165) is 22.3 Å². The number of carbonyl (C=O) groups is 2. The van der Waals surface area contributed by atoms with Gasteiger partial charge in [0.1, 0.15) is 17.8 Å². The Morgan fingerprint density at radius 2 is 2.20 bits per heavy atom. The summed E-state index contributed by atoms with van der Waals surface area (Å²) in [6, 6.07) is 5.50. The van der Waals surface area contributed by atoms with Crippen LogP contribution in [0, 0.1) is 0 Å². The van der Waals surface area contributed by atoms with Crippen LogP contribution < -0.4 is 4.74 Å². The smallest absolute Gasteiger partial charge is 0.318 e. The highest BCUT2D eigenvalue weighted by molar-refractivity contribution is 7.97. The minimum absolute atomic E-state index is 0.152. The lowest BCUT2D eigenvalue weighted by atomic mass is 10.3. The largest absolute Gasteiger partial charge is 0.497 e. The van der Waals surface area contributed by atoms with Gasteiger partial charge in [-0.1, -0.05) is 0 Å². The van der Waals surface area contributed by atoms with Crippen molar-refractivity contribution in [2.75, 3.05) is 7.11 Å². The van der Waals surface area contributed by atoms with Gasteiger partial charge in [0, 0.05) is 6.07 Å². The lowest BCUT2D eigenvalue weighted by Gasteiger charge is -1.97. The standard InChI is InChI=1S/C12H11NO5S2/c1-17-7-2-3-9-8(6-7)13-12(19-9)20-18-11(16)5-4-10(14)15/h2-3,6H,4-5H2,1H3,(H,14,15). The molecule has 1 heterocycles. The first kappa shape index (κ1) is 14.6. The lowest BCUT2D eigenvalue weighted by Crippen LogP contribution is -2.03. The Morgan fingerprint density at radius 3 is 2.90 bits per heavy atom. The van der Waals surface area contributed by atoms with Crippen LogP contribution in [0.2, 0.25) is 0 Å². The Bertz CT molecular complexity index is 640. The Morgan fingerprint density at radius 1 is 1.40 bits per heavy atom. The summed E-state index contributed by atoms with van der Waals surface area (Å²) in [5.41, 5.74) is 0.762. The minimum atomic E-state index is -1.03. The van der Waals surface area contributed by atoms with Crippen molar-refractivity contribution < 1.29 is 23.6 Å². The summed E-state index contributed by atoms with van der Waals surface area (Å²) < 4.78 is 11.5. The second kappa shape index (κ2) is 6.58. The maximum absolute atomic E-state index is 11.3. The number of aromatic nitrogens is 1. The van der Waals surface area contributed by atoms with Crippen molar-refractivity contribution in [2.24, 2.45) is 0 Å². The monoisotopic (exact) mass is 313 g/mol.